The first kappa shape index (κ1) is 12.9. The maximum Gasteiger partial charge on any atom is 0.0511 e. The largest absolute Gasteiger partial charge is 0.371 e. The zero-order valence-corrected chi connectivity index (χ0v) is 11.6. The molecule has 0 aromatic heterocycles. The summed E-state index contributed by atoms with van der Waals surface area (Å²) in [5.41, 5.74) is 1.24. The predicted molar refractivity (Wildman–Crippen MR) is 71.9 cm³/mol. The minimum atomic E-state index is 0.776. The molecule has 0 aliphatic carbocycles. The Morgan fingerprint density at radius 1 is 1.20 bits per heavy atom. The molecule has 0 radical (unpaired) electrons. The second-order valence-corrected chi connectivity index (χ2v) is 4.87. The predicted octanol–water partition coefficient (Wildman–Crippen LogP) is 4.73. The van der Waals surface area contributed by atoms with Crippen molar-refractivity contribution in [3.05, 3.63) is 27.7 Å². The van der Waals surface area contributed by atoms with Crippen LogP contribution < -0.4 is 4.90 Å². The SMILES string of the molecule is CCCN(CCC)c1ccc(Cl)cc1Br. The molecule has 0 saturated carbocycles. The highest BCUT2D eigenvalue weighted by Crippen LogP contribution is 2.29. The third kappa shape index (κ3) is 3.69. The van der Waals surface area contributed by atoms with Crippen LogP contribution in [0.2, 0.25) is 5.02 Å². The Hall–Kier alpha value is -0.210. The van der Waals surface area contributed by atoms with Crippen molar-refractivity contribution in [2.45, 2.75) is 26.7 Å². The van der Waals surface area contributed by atoms with Gasteiger partial charge in [0.25, 0.3) is 0 Å². The van der Waals surface area contributed by atoms with Crippen LogP contribution in [0.15, 0.2) is 22.7 Å². The van der Waals surface area contributed by atoms with E-state index in [1.807, 2.05) is 12.1 Å². The maximum atomic E-state index is 5.93. The Kier molecular flexibility index (Phi) is 5.48. The second-order valence-electron chi connectivity index (χ2n) is 3.58. The van der Waals surface area contributed by atoms with Gasteiger partial charge in [0.05, 0.1) is 5.69 Å². The lowest BCUT2D eigenvalue weighted by Crippen LogP contribution is -2.25. The van der Waals surface area contributed by atoms with Crippen LogP contribution in [0.25, 0.3) is 0 Å². The van der Waals surface area contributed by atoms with Crippen LogP contribution in [0, 0.1) is 0 Å². The van der Waals surface area contributed by atoms with E-state index in [-0.39, 0.29) is 0 Å². The fourth-order valence-corrected chi connectivity index (χ4v) is 2.56. The molecule has 0 unspecified atom stereocenters. The van der Waals surface area contributed by atoms with E-state index in [0.717, 1.165) is 35.4 Å². The molecule has 84 valence electrons. The summed E-state index contributed by atoms with van der Waals surface area (Å²) in [6.07, 6.45) is 2.32. The minimum Gasteiger partial charge on any atom is -0.371 e. The van der Waals surface area contributed by atoms with Crippen LogP contribution in [-0.2, 0) is 0 Å². The Labute approximate surface area is 106 Å². The summed E-state index contributed by atoms with van der Waals surface area (Å²) in [7, 11) is 0. The fourth-order valence-electron chi connectivity index (χ4n) is 1.63. The Morgan fingerprint density at radius 3 is 2.27 bits per heavy atom. The molecule has 15 heavy (non-hydrogen) atoms. The highest BCUT2D eigenvalue weighted by Gasteiger charge is 2.08. The Bertz CT molecular complexity index is 308. The van der Waals surface area contributed by atoms with E-state index in [1.54, 1.807) is 0 Å². The monoisotopic (exact) mass is 289 g/mol. The average Bonchev–Trinajstić information content (AvgIpc) is 2.17. The lowest BCUT2D eigenvalue weighted by Gasteiger charge is -2.25. The number of rotatable bonds is 5. The normalized spacial score (nSPS) is 10.4. The highest BCUT2D eigenvalue weighted by molar-refractivity contribution is 9.10. The van der Waals surface area contributed by atoms with E-state index in [1.165, 1.54) is 5.69 Å². The van der Waals surface area contributed by atoms with E-state index in [2.05, 4.69) is 40.7 Å². The zero-order chi connectivity index (χ0) is 11.3. The molecule has 0 fully saturated rings. The van der Waals surface area contributed by atoms with Crippen molar-refractivity contribution in [3.63, 3.8) is 0 Å². The topological polar surface area (TPSA) is 3.24 Å². The maximum absolute atomic E-state index is 5.93. The van der Waals surface area contributed by atoms with Gasteiger partial charge in [-0.05, 0) is 47.0 Å². The molecule has 1 nitrogen and oxygen atoms in total. The summed E-state index contributed by atoms with van der Waals surface area (Å²) in [4.78, 5) is 2.39. The summed E-state index contributed by atoms with van der Waals surface area (Å²) in [6.45, 7) is 6.58. The molecule has 0 N–H and O–H groups in total. The molecule has 0 amide bonds. The van der Waals surface area contributed by atoms with Crippen molar-refractivity contribution in [2.75, 3.05) is 18.0 Å². The molecule has 0 aliphatic heterocycles. The molecule has 3 heteroatoms. The Morgan fingerprint density at radius 2 is 1.80 bits per heavy atom. The van der Waals surface area contributed by atoms with Crippen LogP contribution in [0.5, 0.6) is 0 Å². The van der Waals surface area contributed by atoms with Crippen molar-refractivity contribution >= 4 is 33.2 Å². The van der Waals surface area contributed by atoms with Gasteiger partial charge in [0.2, 0.25) is 0 Å². The highest BCUT2D eigenvalue weighted by atomic mass is 79.9. The molecular formula is C12H17BrClN. The molecule has 1 aromatic rings. The summed E-state index contributed by atoms with van der Waals surface area (Å²) in [5, 5.41) is 0.776. The second kappa shape index (κ2) is 6.39. The number of hydrogen-bond donors (Lipinski definition) is 0. The molecule has 0 bridgehead atoms. The standard InChI is InChI=1S/C12H17BrClN/c1-3-7-15(8-4-2)12-6-5-10(14)9-11(12)13/h5-6,9H,3-4,7-8H2,1-2H3. The van der Waals surface area contributed by atoms with Crippen LogP contribution in [0.3, 0.4) is 0 Å². The average molecular weight is 291 g/mol. The summed E-state index contributed by atoms with van der Waals surface area (Å²) in [6, 6.07) is 5.98. The van der Waals surface area contributed by atoms with E-state index < -0.39 is 0 Å². The summed E-state index contributed by atoms with van der Waals surface area (Å²) >= 11 is 9.49. The van der Waals surface area contributed by atoms with Crippen molar-refractivity contribution in [3.8, 4) is 0 Å². The summed E-state index contributed by atoms with van der Waals surface area (Å²) < 4.78 is 1.08. The molecule has 0 saturated heterocycles. The molecule has 0 aliphatic rings. The van der Waals surface area contributed by atoms with Crippen LogP contribution >= 0.6 is 27.5 Å². The van der Waals surface area contributed by atoms with Gasteiger partial charge in [-0.1, -0.05) is 25.4 Å². The van der Waals surface area contributed by atoms with Crippen molar-refractivity contribution in [1.29, 1.82) is 0 Å². The first-order valence-corrected chi connectivity index (χ1v) is 6.56. The lowest BCUT2D eigenvalue weighted by molar-refractivity contribution is 0.743. The van der Waals surface area contributed by atoms with Gasteiger partial charge < -0.3 is 4.90 Å². The van der Waals surface area contributed by atoms with Crippen LogP contribution in [0.1, 0.15) is 26.7 Å². The van der Waals surface area contributed by atoms with Gasteiger partial charge in [-0.2, -0.15) is 0 Å². The first-order chi connectivity index (χ1) is 7.19. The van der Waals surface area contributed by atoms with Gasteiger partial charge in [-0.25, -0.2) is 0 Å². The minimum absolute atomic E-state index is 0.776. The zero-order valence-electron chi connectivity index (χ0n) is 9.26. The molecule has 0 atom stereocenters. The lowest BCUT2D eigenvalue weighted by atomic mass is 10.2. The van der Waals surface area contributed by atoms with E-state index in [0.29, 0.717) is 0 Å². The van der Waals surface area contributed by atoms with Crippen molar-refractivity contribution < 1.29 is 0 Å². The first-order valence-electron chi connectivity index (χ1n) is 5.39. The molecule has 0 spiro atoms. The van der Waals surface area contributed by atoms with E-state index in [9.17, 15) is 0 Å². The molecule has 0 heterocycles. The van der Waals surface area contributed by atoms with Gasteiger partial charge in [0.1, 0.15) is 0 Å². The summed E-state index contributed by atoms with van der Waals surface area (Å²) in [5.74, 6) is 0. The van der Waals surface area contributed by atoms with Crippen LogP contribution in [0.4, 0.5) is 5.69 Å². The Balaban J connectivity index is 2.89. The van der Waals surface area contributed by atoms with Gasteiger partial charge in [0.15, 0.2) is 0 Å². The number of benzene rings is 1. The van der Waals surface area contributed by atoms with Gasteiger partial charge in [0, 0.05) is 22.6 Å². The molecule has 1 aromatic carbocycles. The van der Waals surface area contributed by atoms with E-state index >= 15 is 0 Å². The van der Waals surface area contributed by atoms with Gasteiger partial charge in [-0.15, -0.1) is 0 Å². The van der Waals surface area contributed by atoms with Crippen molar-refractivity contribution in [2.24, 2.45) is 0 Å². The van der Waals surface area contributed by atoms with Gasteiger partial charge in [-0.3, -0.25) is 0 Å². The number of hydrogen-bond acceptors (Lipinski definition) is 1. The number of anilines is 1. The number of halogens is 2. The molecular weight excluding hydrogens is 273 g/mol. The van der Waals surface area contributed by atoms with E-state index in [4.69, 9.17) is 11.6 Å². The smallest absolute Gasteiger partial charge is 0.0511 e. The third-order valence-corrected chi connectivity index (χ3v) is 3.11. The molecule has 1 rings (SSSR count). The number of nitrogens with zero attached hydrogens (tertiary/aromatic N) is 1. The third-order valence-electron chi connectivity index (χ3n) is 2.24. The fraction of sp³-hybridized carbons (Fsp3) is 0.500. The van der Waals surface area contributed by atoms with Crippen molar-refractivity contribution in [1.82, 2.24) is 0 Å². The quantitative estimate of drug-likeness (QED) is 0.758. The van der Waals surface area contributed by atoms with Crippen LogP contribution in [-0.4, -0.2) is 13.1 Å². The van der Waals surface area contributed by atoms with Gasteiger partial charge >= 0.3 is 0 Å².